The van der Waals surface area contributed by atoms with Gasteiger partial charge in [0, 0.05) is 25.0 Å². The molecule has 0 radical (unpaired) electrons. The van der Waals surface area contributed by atoms with Gasteiger partial charge in [-0.05, 0) is 12.1 Å². The predicted molar refractivity (Wildman–Crippen MR) is 61.9 cm³/mol. The molecule has 0 unspecified atom stereocenters. The fourth-order valence-electron chi connectivity index (χ4n) is 1.59. The Morgan fingerprint density at radius 3 is 2.71 bits per heavy atom. The van der Waals surface area contributed by atoms with Crippen LogP contribution in [0.2, 0.25) is 0 Å². The first-order valence-corrected chi connectivity index (χ1v) is 5.21. The van der Waals surface area contributed by atoms with Crippen LogP contribution < -0.4 is 0 Å². The van der Waals surface area contributed by atoms with Gasteiger partial charge in [-0.3, -0.25) is 0 Å². The second kappa shape index (κ2) is 3.86. The Bertz CT molecular complexity index is 627. The first-order chi connectivity index (χ1) is 8.34. The highest BCUT2D eigenvalue weighted by Gasteiger charge is 2.13. The molecule has 0 amide bonds. The summed E-state index contributed by atoms with van der Waals surface area (Å²) >= 11 is 0. The van der Waals surface area contributed by atoms with Gasteiger partial charge in [0.2, 0.25) is 5.82 Å². The van der Waals surface area contributed by atoms with E-state index in [2.05, 4.69) is 15.1 Å². The highest BCUT2D eigenvalue weighted by atomic mass is 16.5. The second-order valence-corrected chi connectivity index (χ2v) is 3.65. The van der Waals surface area contributed by atoms with Gasteiger partial charge in [-0.25, -0.2) is 4.98 Å². The molecule has 0 saturated carbocycles. The topological polar surface area (TPSA) is 56.7 Å². The molecule has 0 aliphatic rings. The van der Waals surface area contributed by atoms with Gasteiger partial charge in [0.1, 0.15) is 0 Å². The summed E-state index contributed by atoms with van der Waals surface area (Å²) in [6.45, 7) is 0. The van der Waals surface area contributed by atoms with Crippen LogP contribution in [0, 0.1) is 0 Å². The average Bonchev–Trinajstić information content (AvgIpc) is 2.98. The molecular formula is C12H10N4O. The van der Waals surface area contributed by atoms with Crippen molar-refractivity contribution in [3.63, 3.8) is 0 Å². The molecule has 0 aliphatic heterocycles. The van der Waals surface area contributed by atoms with Crippen molar-refractivity contribution in [1.29, 1.82) is 0 Å². The van der Waals surface area contributed by atoms with Gasteiger partial charge >= 0.3 is 0 Å². The highest BCUT2D eigenvalue weighted by molar-refractivity contribution is 5.55. The lowest BCUT2D eigenvalue weighted by Gasteiger charge is -1.93. The molecule has 0 spiro atoms. The van der Waals surface area contributed by atoms with E-state index in [1.54, 1.807) is 6.20 Å². The van der Waals surface area contributed by atoms with Gasteiger partial charge in [-0.2, -0.15) is 4.98 Å². The van der Waals surface area contributed by atoms with Crippen LogP contribution in [-0.4, -0.2) is 19.7 Å². The lowest BCUT2D eigenvalue weighted by atomic mass is 10.2. The number of benzene rings is 1. The average molecular weight is 226 g/mol. The monoisotopic (exact) mass is 226 g/mol. The lowest BCUT2D eigenvalue weighted by Crippen LogP contribution is -1.92. The summed E-state index contributed by atoms with van der Waals surface area (Å²) in [6, 6.07) is 9.66. The standard InChI is InChI=1S/C12H10N4O/c1-16-8-7-13-11(16)10-14-12(17-15-10)9-5-3-2-4-6-9/h2-8H,1H3. The Labute approximate surface area is 97.7 Å². The first kappa shape index (κ1) is 9.77. The number of imidazole rings is 1. The van der Waals surface area contributed by atoms with Crippen molar-refractivity contribution in [3.8, 4) is 23.1 Å². The zero-order chi connectivity index (χ0) is 11.7. The summed E-state index contributed by atoms with van der Waals surface area (Å²) in [5.74, 6) is 1.69. The minimum absolute atomic E-state index is 0.497. The second-order valence-electron chi connectivity index (χ2n) is 3.65. The molecule has 5 heteroatoms. The largest absolute Gasteiger partial charge is 0.334 e. The summed E-state index contributed by atoms with van der Waals surface area (Å²) in [6.07, 6.45) is 3.54. The molecule has 0 bridgehead atoms. The molecule has 2 aromatic heterocycles. The third-order valence-corrected chi connectivity index (χ3v) is 2.47. The smallest absolute Gasteiger partial charge is 0.258 e. The van der Waals surface area contributed by atoms with Crippen LogP contribution in [0.15, 0.2) is 47.2 Å². The van der Waals surface area contributed by atoms with Gasteiger partial charge in [0.05, 0.1) is 0 Å². The number of nitrogens with zero attached hydrogens (tertiary/aromatic N) is 4. The SMILES string of the molecule is Cn1ccnc1-c1noc(-c2ccccc2)n1. The Kier molecular flexibility index (Phi) is 2.22. The lowest BCUT2D eigenvalue weighted by molar-refractivity contribution is 0.431. The van der Waals surface area contributed by atoms with Gasteiger partial charge in [0.25, 0.3) is 5.89 Å². The zero-order valence-electron chi connectivity index (χ0n) is 9.24. The molecule has 0 N–H and O–H groups in total. The fourth-order valence-corrected chi connectivity index (χ4v) is 1.59. The molecule has 5 nitrogen and oxygen atoms in total. The third-order valence-electron chi connectivity index (χ3n) is 2.47. The Hall–Kier alpha value is -2.43. The van der Waals surface area contributed by atoms with E-state index in [4.69, 9.17) is 4.52 Å². The zero-order valence-corrected chi connectivity index (χ0v) is 9.24. The van der Waals surface area contributed by atoms with E-state index in [1.807, 2.05) is 48.1 Å². The molecular weight excluding hydrogens is 216 g/mol. The van der Waals surface area contributed by atoms with Crippen molar-refractivity contribution in [3.05, 3.63) is 42.7 Å². The van der Waals surface area contributed by atoms with Crippen molar-refractivity contribution in [2.45, 2.75) is 0 Å². The van der Waals surface area contributed by atoms with E-state index in [-0.39, 0.29) is 0 Å². The number of aryl methyl sites for hydroxylation is 1. The van der Waals surface area contributed by atoms with Crippen molar-refractivity contribution < 1.29 is 4.52 Å². The maximum atomic E-state index is 5.22. The summed E-state index contributed by atoms with van der Waals surface area (Å²) < 4.78 is 7.06. The van der Waals surface area contributed by atoms with Crippen molar-refractivity contribution in [2.75, 3.05) is 0 Å². The normalized spacial score (nSPS) is 10.6. The summed E-state index contributed by atoms with van der Waals surface area (Å²) in [4.78, 5) is 8.49. The van der Waals surface area contributed by atoms with Crippen LogP contribution in [0.1, 0.15) is 0 Å². The molecule has 17 heavy (non-hydrogen) atoms. The summed E-state index contributed by atoms with van der Waals surface area (Å²) in [5, 5.41) is 3.93. The molecule has 0 atom stereocenters. The van der Waals surface area contributed by atoms with Crippen molar-refractivity contribution >= 4 is 0 Å². The van der Waals surface area contributed by atoms with Gasteiger partial charge in [-0.1, -0.05) is 23.4 Å². The number of aromatic nitrogens is 4. The maximum absolute atomic E-state index is 5.22. The Balaban J connectivity index is 2.02. The van der Waals surface area contributed by atoms with Crippen molar-refractivity contribution in [1.82, 2.24) is 19.7 Å². The minimum Gasteiger partial charge on any atom is -0.334 e. The molecule has 0 fully saturated rings. The molecule has 3 rings (SSSR count). The van der Waals surface area contributed by atoms with Crippen LogP contribution in [0.25, 0.3) is 23.1 Å². The molecule has 2 heterocycles. The third kappa shape index (κ3) is 1.71. The first-order valence-electron chi connectivity index (χ1n) is 5.21. The predicted octanol–water partition coefficient (Wildman–Crippen LogP) is 2.14. The van der Waals surface area contributed by atoms with E-state index < -0.39 is 0 Å². The molecule has 0 saturated heterocycles. The Morgan fingerprint density at radius 1 is 1.18 bits per heavy atom. The van der Waals surface area contributed by atoms with Gasteiger partial charge in [0.15, 0.2) is 5.82 Å². The van der Waals surface area contributed by atoms with Crippen LogP contribution in [-0.2, 0) is 7.05 Å². The summed E-state index contributed by atoms with van der Waals surface area (Å²) in [5.41, 5.74) is 0.903. The summed E-state index contributed by atoms with van der Waals surface area (Å²) in [7, 11) is 1.89. The van der Waals surface area contributed by atoms with Gasteiger partial charge in [-0.15, -0.1) is 0 Å². The van der Waals surface area contributed by atoms with E-state index >= 15 is 0 Å². The number of hydrogen-bond acceptors (Lipinski definition) is 4. The molecule has 84 valence electrons. The molecule has 1 aromatic carbocycles. The fraction of sp³-hybridized carbons (Fsp3) is 0.0833. The van der Waals surface area contributed by atoms with Gasteiger partial charge < -0.3 is 9.09 Å². The van der Waals surface area contributed by atoms with Crippen molar-refractivity contribution in [2.24, 2.45) is 7.05 Å². The van der Waals surface area contributed by atoms with E-state index in [0.717, 1.165) is 5.56 Å². The number of hydrogen-bond donors (Lipinski definition) is 0. The molecule has 3 aromatic rings. The van der Waals surface area contributed by atoms with Crippen LogP contribution >= 0.6 is 0 Å². The quantitative estimate of drug-likeness (QED) is 0.671. The Morgan fingerprint density at radius 2 is 2.00 bits per heavy atom. The van der Waals surface area contributed by atoms with E-state index in [0.29, 0.717) is 17.5 Å². The highest BCUT2D eigenvalue weighted by Crippen LogP contribution is 2.20. The number of rotatable bonds is 2. The van der Waals surface area contributed by atoms with Crippen LogP contribution in [0.5, 0.6) is 0 Å². The van der Waals surface area contributed by atoms with Crippen LogP contribution in [0.3, 0.4) is 0 Å². The van der Waals surface area contributed by atoms with Crippen LogP contribution in [0.4, 0.5) is 0 Å². The maximum Gasteiger partial charge on any atom is 0.258 e. The van der Waals surface area contributed by atoms with E-state index in [1.165, 1.54) is 0 Å². The minimum atomic E-state index is 0.497. The molecule has 0 aliphatic carbocycles. The van der Waals surface area contributed by atoms with E-state index in [9.17, 15) is 0 Å².